The van der Waals surface area contributed by atoms with Crippen molar-refractivity contribution in [2.45, 2.75) is 12.1 Å². The molecule has 6 nitrogen and oxygen atoms in total. The van der Waals surface area contributed by atoms with Crippen LogP contribution in [0.15, 0.2) is 47.1 Å². The number of furan rings is 1. The monoisotopic (exact) mass is 435 g/mol. The van der Waals surface area contributed by atoms with Crippen LogP contribution < -0.4 is 0 Å². The van der Waals surface area contributed by atoms with Crippen molar-refractivity contribution in [2.24, 2.45) is 5.92 Å². The van der Waals surface area contributed by atoms with Crippen LogP contribution in [-0.4, -0.2) is 72.8 Å². The molecule has 0 saturated carbocycles. The smallest absolute Gasteiger partial charge is 0.416 e. The van der Waals surface area contributed by atoms with Crippen LogP contribution in [0.4, 0.5) is 13.2 Å². The largest absolute Gasteiger partial charge is 0.459 e. The zero-order chi connectivity index (χ0) is 22.2. The summed E-state index contributed by atoms with van der Waals surface area (Å²) in [4.78, 5) is 31.5. The minimum atomic E-state index is -4.48. The van der Waals surface area contributed by atoms with Crippen LogP contribution in [-0.2, 0) is 11.0 Å². The topological polar surface area (TPSA) is 57.0 Å². The third-order valence-electron chi connectivity index (χ3n) is 6.11. The fourth-order valence-electron chi connectivity index (χ4n) is 4.32. The Hall–Kier alpha value is -2.81. The Kier molecular flexibility index (Phi) is 5.79. The van der Waals surface area contributed by atoms with Gasteiger partial charge in [-0.1, -0.05) is 18.2 Å². The Balaban J connectivity index is 1.63. The molecule has 0 spiro atoms. The van der Waals surface area contributed by atoms with E-state index in [0.29, 0.717) is 18.7 Å². The maximum atomic E-state index is 13.4. The first-order valence-corrected chi connectivity index (χ1v) is 10.2. The number of likely N-dealkylation sites (tertiary alicyclic amines) is 1. The number of benzene rings is 1. The highest BCUT2D eigenvalue weighted by Crippen LogP contribution is 2.38. The van der Waals surface area contributed by atoms with Crippen molar-refractivity contribution in [3.05, 3.63) is 59.5 Å². The molecule has 1 aromatic carbocycles. The lowest BCUT2D eigenvalue weighted by atomic mass is 9.87. The van der Waals surface area contributed by atoms with Crippen LogP contribution in [0.5, 0.6) is 0 Å². The summed E-state index contributed by atoms with van der Waals surface area (Å²) in [7, 11) is 1.98. The van der Waals surface area contributed by atoms with Crippen molar-refractivity contribution in [1.29, 1.82) is 0 Å². The molecule has 31 heavy (non-hydrogen) atoms. The van der Waals surface area contributed by atoms with Crippen molar-refractivity contribution < 1.29 is 27.2 Å². The van der Waals surface area contributed by atoms with E-state index in [9.17, 15) is 22.8 Å². The van der Waals surface area contributed by atoms with Crippen LogP contribution in [0.2, 0.25) is 0 Å². The second-order valence-electron chi connectivity index (χ2n) is 8.15. The molecule has 1 aromatic heterocycles. The molecule has 0 aliphatic carbocycles. The van der Waals surface area contributed by atoms with Gasteiger partial charge in [0.05, 0.1) is 17.7 Å². The molecule has 2 amide bonds. The minimum absolute atomic E-state index is 0.120. The SMILES string of the molecule is CN1CCN(C(=O)[C@@H]2CN(C(=O)c3ccco3)C[C@@H]2c2cccc(C(F)(F)F)c2)CC1. The number of piperazine rings is 1. The van der Waals surface area contributed by atoms with E-state index in [1.54, 1.807) is 17.0 Å². The average Bonchev–Trinajstić information content (AvgIpc) is 3.43. The lowest BCUT2D eigenvalue weighted by Crippen LogP contribution is -2.50. The number of alkyl halides is 3. The summed E-state index contributed by atoms with van der Waals surface area (Å²) in [6.45, 7) is 2.90. The van der Waals surface area contributed by atoms with E-state index in [-0.39, 0.29) is 30.7 Å². The lowest BCUT2D eigenvalue weighted by molar-refractivity contribution is -0.137. The van der Waals surface area contributed by atoms with Crippen LogP contribution >= 0.6 is 0 Å². The minimum Gasteiger partial charge on any atom is -0.459 e. The molecule has 9 heteroatoms. The average molecular weight is 435 g/mol. The second kappa shape index (κ2) is 8.37. The predicted molar refractivity (Wildman–Crippen MR) is 106 cm³/mol. The van der Waals surface area contributed by atoms with Gasteiger partial charge in [0.1, 0.15) is 0 Å². The zero-order valence-electron chi connectivity index (χ0n) is 17.1. The van der Waals surface area contributed by atoms with Crippen molar-refractivity contribution in [2.75, 3.05) is 46.3 Å². The Morgan fingerprint density at radius 2 is 1.74 bits per heavy atom. The summed E-state index contributed by atoms with van der Waals surface area (Å²) >= 11 is 0. The van der Waals surface area contributed by atoms with E-state index in [2.05, 4.69) is 4.90 Å². The van der Waals surface area contributed by atoms with Gasteiger partial charge < -0.3 is 19.1 Å². The molecule has 166 valence electrons. The molecule has 2 aliphatic heterocycles. The van der Waals surface area contributed by atoms with Gasteiger partial charge in [0.2, 0.25) is 5.91 Å². The van der Waals surface area contributed by atoms with Gasteiger partial charge in [-0.05, 0) is 30.8 Å². The molecule has 3 heterocycles. The zero-order valence-corrected chi connectivity index (χ0v) is 17.1. The summed E-state index contributed by atoms with van der Waals surface area (Å²) in [5.41, 5.74) is -0.344. The third-order valence-corrected chi connectivity index (χ3v) is 6.11. The molecular formula is C22H24F3N3O3. The predicted octanol–water partition coefficient (Wildman–Crippen LogP) is 2.93. The quantitative estimate of drug-likeness (QED) is 0.744. The van der Waals surface area contributed by atoms with Gasteiger partial charge in [-0.3, -0.25) is 9.59 Å². The van der Waals surface area contributed by atoms with Gasteiger partial charge in [0.25, 0.3) is 5.91 Å². The fraction of sp³-hybridized carbons (Fsp3) is 0.455. The number of hydrogen-bond acceptors (Lipinski definition) is 4. The Bertz CT molecular complexity index is 937. The highest BCUT2D eigenvalue weighted by atomic mass is 19.4. The number of likely N-dealkylation sites (N-methyl/N-ethyl adjacent to an activating group) is 1. The molecule has 2 aliphatic rings. The van der Waals surface area contributed by atoms with E-state index < -0.39 is 23.6 Å². The normalized spacial score (nSPS) is 22.7. The molecular weight excluding hydrogens is 411 g/mol. The van der Waals surface area contributed by atoms with Gasteiger partial charge in [-0.15, -0.1) is 0 Å². The molecule has 0 bridgehead atoms. The maximum Gasteiger partial charge on any atom is 0.416 e. The summed E-state index contributed by atoms with van der Waals surface area (Å²) in [6, 6.07) is 8.20. The lowest BCUT2D eigenvalue weighted by Gasteiger charge is -2.35. The van der Waals surface area contributed by atoms with Gasteiger partial charge >= 0.3 is 6.18 Å². The van der Waals surface area contributed by atoms with Gasteiger partial charge in [-0.25, -0.2) is 0 Å². The molecule has 0 N–H and O–H groups in total. The van der Waals surface area contributed by atoms with Crippen LogP contribution in [0, 0.1) is 5.92 Å². The highest BCUT2D eigenvalue weighted by Gasteiger charge is 2.43. The molecule has 2 aromatic rings. The standard InChI is InChI=1S/C22H24F3N3O3/c1-26-7-9-27(10-8-26)20(29)18-14-28(21(30)19-6-3-11-31-19)13-17(18)15-4-2-5-16(12-15)22(23,24)25/h2-6,11-12,17-18H,7-10,13-14H2,1H3/t17-,18-/m1/s1. The van der Waals surface area contributed by atoms with Crippen LogP contribution in [0.25, 0.3) is 0 Å². The Morgan fingerprint density at radius 3 is 2.39 bits per heavy atom. The van der Waals surface area contributed by atoms with Crippen molar-refractivity contribution >= 4 is 11.8 Å². The first-order chi connectivity index (χ1) is 14.7. The number of carbonyl (C=O) groups is 2. The van der Waals surface area contributed by atoms with Crippen molar-refractivity contribution in [3.63, 3.8) is 0 Å². The molecule has 0 radical (unpaired) electrons. The molecule has 2 fully saturated rings. The molecule has 4 rings (SSSR count). The van der Waals surface area contributed by atoms with Gasteiger partial charge in [0.15, 0.2) is 5.76 Å². The Morgan fingerprint density at radius 1 is 1.00 bits per heavy atom. The van der Waals surface area contributed by atoms with Gasteiger partial charge in [0, 0.05) is 45.2 Å². The third kappa shape index (κ3) is 4.46. The Labute approximate surface area is 178 Å². The van der Waals surface area contributed by atoms with E-state index in [0.717, 1.165) is 25.2 Å². The van der Waals surface area contributed by atoms with E-state index in [1.807, 2.05) is 7.05 Å². The van der Waals surface area contributed by atoms with Gasteiger partial charge in [-0.2, -0.15) is 13.2 Å². The number of rotatable bonds is 3. The summed E-state index contributed by atoms with van der Waals surface area (Å²) in [6.07, 6.45) is -3.09. The number of nitrogens with zero attached hydrogens (tertiary/aromatic N) is 3. The number of carbonyl (C=O) groups excluding carboxylic acids is 2. The molecule has 0 unspecified atom stereocenters. The summed E-state index contributed by atoms with van der Waals surface area (Å²) in [5, 5.41) is 0. The van der Waals surface area contributed by atoms with Crippen molar-refractivity contribution in [1.82, 2.24) is 14.7 Å². The molecule has 2 saturated heterocycles. The number of amides is 2. The number of hydrogen-bond donors (Lipinski definition) is 0. The van der Waals surface area contributed by atoms with E-state index in [1.165, 1.54) is 23.3 Å². The first kappa shape index (κ1) is 21.4. The first-order valence-electron chi connectivity index (χ1n) is 10.2. The second-order valence-corrected chi connectivity index (χ2v) is 8.15. The van der Waals surface area contributed by atoms with E-state index in [4.69, 9.17) is 4.42 Å². The number of halogens is 3. The summed E-state index contributed by atoms with van der Waals surface area (Å²) < 4.78 is 45.0. The summed E-state index contributed by atoms with van der Waals surface area (Å²) in [5.74, 6) is -1.46. The molecule has 2 atom stereocenters. The van der Waals surface area contributed by atoms with Crippen LogP contribution in [0.3, 0.4) is 0 Å². The highest BCUT2D eigenvalue weighted by molar-refractivity contribution is 5.92. The van der Waals surface area contributed by atoms with E-state index >= 15 is 0 Å². The van der Waals surface area contributed by atoms with Crippen molar-refractivity contribution in [3.8, 4) is 0 Å². The fourth-order valence-corrected chi connectivity index (χ4v) is 4.32. The maximum absolute atomic E-state index is 13.4. The van der Waals surface area contributed by atoms with Crippen LogP contribution in [0.1, 0.15) is 27.6 Å².